The number of pyridine rings is 2. The van der Waals surface area contributed by atoms with Crippen LogP contribution < -0.4 is 10.9 Å². The largest absolute Gasteiger partial charge is 0.458 e. The van der Waals surface area contributed by atoms with Gasteiger partial charge in [0.25, 0.3) is 5.56 Å². The molecule has 0 amide bonds. The fraction of sp³-hybridized carbons (Fsp3) is 0.400. The van der Waals surface area contributed by atoms with Gasteiger partial charge in [0.15, 0.2) is 5.60 Å². The highest BCUT2D eigenvalue weighted by Crippen LogP contribution is 2.40. The SMILES string of the molecule is CC[C@]1(O)C(=O)OCc2c1cc1n(c2=O)Cc2c-1nc1ccccc1c2CCNC(C)C.Cl. The quantitative estimate of drug-likeness (QED) is 0.436. The molecule has 0 fully saturated rings. The first-order chi connectivity index (χ1) is 15.3. The van der Waals surface area contributed by atoms with Gasteiger partial charge >= 0.3 is 5.97 Å². The lowest BCUT2D eigenvalue weighted by Crippen LogP contribution is -2.44. The summed E-state index contributed by atoms with van der Waals surface area (Å²) in [6.07, 6.45) is 0.943. The first-order valence-corrected chi connectivity index (χ1v) is 11.2. The van der Waals surface area contributed by atoms with E-state index in [0.717, 1.165) is 35.1 Å². The molecule has 8 heteroatoms. The predicted octanol–water partition coefficient (Wildman–Crippen LogP) is 3.04. The van der Waals surface area contributed by atoms with Crippen LogP contribution in [-0.4, -0.2) is 33.2 Å². The molecule has 2 N–H and O–H groups in total. The van der Waals surface area contributed by atoms with Gasteiger partial charge in [0.1, 0.15) is 6.61 Å². The number of hydrogen-bond acceptors (Lipinski definition) is 6. The van der Waals surface area contributed by atoms with Crippen LogP contribution in [0.15, 0.2) is 35.1 Å². The molecule has 0 saturated carbocycles. The van der Waals surface area contributed by atoms with Gasteiger partial charge in [-0.1, -0.05) is 39.0 Å². The van der Waals surface area contributed by atoms with Crippen molar-refractivity contribution in [1.82, 2.24) is 14.9 Å². The Morgan fingerprint density at radius 1 is 1.24 bits per heavy atom. The van der Waals surface area contributed by atoms with Crippen LogP contribution >= 0.6 is 12.4 Å². The zero-order valence-corrected chi connectivity index (χ0v) is 19.8. The Labute approximate surface area is 198 Å². The van der Waals surface area contributed by atoms with E-state index in [4.69, 9.17) is 9.72 Å². The number of esters is 1. The Kier molecular flexibility index (Phi) is 6.07. The Bertz CT molecular complexity index is 1320. The molecule has 0 aliphatic carbocycles. The normalized spacial score (nSPS) is 18.5. The zero-order chi connectivity index (χ0) is 22.6. The highest BCUT2D eigenvalue weighted by molar-refractivity contribution is 5.89. The second-order valence-electron chi connectivity index (χ2n) is 8.90. The molecule has 2 aliphatic heterocycles. The molecule has 1 atom stereocenters. The number of carbonyl (C=O) groups excluding carboxylic acids is 1. The maximum absolute atomic E-state index is 13.4. The zero-order valence-electron chi connectivity index (χ0n) is 19.0. The molecular formula is C25H28ClN3O4. The standard InChI is InChI=1S/C25H27N3O4.ClH/c1-4-25(31)19-11-21-22-17(12-28(21)23(29)18(19)13-32-24(25)30)15(9-10-26-14(2)3)16-7-5-6-8-20(16)27-22;/h5-8,11,14,26,31H,4,9-10,12-13H2,1-3H3;1H/t25-;/m1./s1. The van der Waals surface area contributed by atoms with Crippen molar-refractivity contribution in [3.63, 3.8) is 0 Å². The number of halogens is 1. The number of nitrogens with one attached hydrogen (secondary N) is 1. The minimum atomic E-state index is -1.81. The van der Waals surface area contributed by atoms with Crippen LogP contribution in [0, 0.1) is 0 Å². The molecule has 174 valence electrons. The number of ether oxygens (including phenoxy) is 1. The Morgan fingerprint density at radius 2 is 2.00 bits per heavy atom. The van der Waals surface area contributed by atoms with Gasteiger partial charge in [0, 0.05) is 22.6 Å². The van der Waals surface area contributed by atoms with E-state index in [1.54, 1.807) is 17.6 Å². The van der Waals surface area contributed by atoms with Gasteiger partial charge in [-0.2, -0.15) is 0 Å². The highest BCUT2D eigenvalue weighted by atomic mass is 35.5. The summed E-state index contributed by atoms with van der Waals surface area (Å²) < 4.78 is 6.86. The number of rotatable bonds is 5. The van der Waals surface area contributed by atoms with Crippen molar-refractivity contribution >= 4 is 29.3 Å². The summed E-state index contributed by atoms with van der Waals surface area (Å²) in [5, 5.41) is 15.6. The highest BCUT2D eigenvalue weighted by Gasteiger charge is 2.45. The van der Waals surface area contributed by atoms with Gasteiger partial charge < -0.3 is 19.7 Å². The lowest BCUT2D eigenvalue weighted by atomic mass is 9.86. The van der Waals surface area contributed by atoms with Crippen LogP contribution in [0.25, 0.3) is 22.3 Å². The number of carbonyl (C=O) groups is 1. The van der Waals surface area contributed by atoms with Gasteiger partial charge in [0.2, 0.25) is 0 Å². The lowest BCUT2D eigenvalue weighted by Gasteiger charge is -2.31. The Morgan fingerprint density at radius 3 is 2.73 bits per heavy atom. The number of benzene rings is 1. The summed E-state index contributed by atoms with van der Waals surface area (Å²) in [6, 6.07) is 10.2. The number of hydrogen-bond donors (Lipinski definition) is 2. The molecule has 7 nitrogen and oxygen atoms in total. The predicted molar refractivity (Wildman–Crippen MR) is 129 cm³/mol. The summed E-state index contributed by atoms with van der Waals surface area (Å²) in [5.74, 6) is -0.706. The number of fused-ring (bicyclic) bond motifs is 5. The van der Waals surface area contributed by atoms with E-state index in [-0.39, 0.29) is 31.0 Å². The van der Waals surface area contributed by atoms with E-state index in [9.17, 15) is 14.7 Å². The van der Waals surface area contributed by atoms with E-state index >= 15 is 0 Å². The van der Waals surface area contributed by atoms with Gasteiger partial charge in [0.05, 0.1) is 29.0 Å². The van der Waals surface area contributed by atoms with Gasteiger partial charge in [-0.3, -0.25) is 4.79 Å². The fourth-order valence-corrected chi connectivity index (χ4v) is 4.88. The molecule has 0 radical (unpaired) electrons. The van der Waals surface area contributed by atoms with Crippen molar-refractivity contribution in [3.8, 4) is 11.4 Å². The average Bonchev–Trinajstić information content (AvgIpc) is 3.15. The molecular weight excluding hydrogens is 442 g/mol. The summed E-state index contributed by atoms with van der Waals surface area (Å²) >= 11 is 0. The number of aromatic nitrogens is 2. The topological polar surface area (TPSA) is 93.5 Å². The minimum absolute atomic E-state index is 0. The third kappa shape index (κ3) is 3.55. The Hall–Kier alpha value is -2.74. The van der Waals surface area contributed by atoms with Gasteiger partial charge in [-0.25, -0.2) is 9.78 Å². The van der Waals surface area contributed by atoms with Crippen molar-refractivity contribution in [3.05, 3.63) is 62.9 Å². The molecule has 0 bridgehead atoms. The monoisotopic (exact) mass is 469 g/mol. The van der Waals surface area contributed by atoms with Crippen molar-refractivity contribution < 1.29 is 14.6 Å². The molecule has 2 aromatic heterocycles. The summed E-state index contributed by atoms with van der Waals surface area (Å²) in [4.78, 5) is 30.7. The first-order valence-electron chi connectivity index (χ1n) is 11.2. The summed E-state index contributed by atoms with van der Waals surface area (Å²) in [5.41, 5.74) is 3.12. The molecule has 0 unspecified atom stereocenters. The van der Waals surface area contributed by atoms with Crippen molar-refractivity contribution in [2.45, 2.75) is 58.4 Å². The van der Waals surface area contributed by atoms with Crippen molar-refractivity contribution in [2.75, 3.05) is 6.54 Å². The molecule has 2 aliphatic rings. The molecule has 0 saturated heterocycles. The van der Waals surface area contributed by atoms with Crippen LogP contribution in [0.3, 0.4) is 0 Å². The molecule has 4 heterocycles. The number of para-hydroxylation sites is 1. The van der Waals surface area contributed by atoms with Crippen LogP contribution in [0.1, 0.15) is 49.4 Å². The third-order valence-corrected chi connectivity index (χ3v) is 6.64. The van der Waals surface area contributed by atoms with Gasteiger partial charge in [-0.05, 0) is 37.1 Å². The molecule has 5 rings (SSSR count). The maximum Gasteiger partial charge on any atom is 0.343 e. The van der Waals surface area contributed by atoms with Crippen molar-refractivity contribution in [1.29, 1.82) is 0 Å². The van der Waals surface area contributed by atoms with E-state index in [0.29, 0.717) is 29.4 Å². The smallest absolute Gasteiger partial charge is 0.343 e. The van der Waals surface area contributed by atoms with Crippen LogP contribution in [0.5, 0.6) is 0 Å². The third-order valence-electron chi connectivity index (χ3n) is 6.64. The fourth-order valence-electron chi connectivity index (χ4n) is 4.88. The number of aliphatic hydroxyl groups is 1. The first kappa shape index (κ1) is 23.4. The average molecular weight is 470 g/mol. The van der Waals surface area contributed by atoms with Crippen LogP contribution in [-0.2, 0) is 34.7 Å². The van der Waals surface area contributed by atoms with Crippen LogP contribution in [0.4, 0.5) is 0 Å². The molecule has 33 heavy (non-hydrogen) atoms. The van der Waals surface area contributed by atoms with E-state index in [1.807, 2.05) is 18.2 Å². The number of nitrogens with zero attached hydrogens (tertiary/aromatic N) is 2. The lowest BCUT2D eigenvalue weighted by molar-refractivity contribution is -0.172. The molecule has 1 aromatic carbocycles. The maximum atomic E-state index is 13.4. The van der Waals surface area contributed by atoms with E-state index in [1.165, 1.54) is 5.56 Å². The minimum Gasteiger partial charge on any atom is -0.458 e. The van der Waals surface area contributed by atoms with E-state index < -0.39 is 11.6 Å². The van der Waals surface area contributed by atoms with Gasteiger partial charge in [-0.15, -0.1) is 12.4 Å². The van der Waals surface area contributed by atoms with Crippen LogP contribution in [0.2, 0.25) is 0 Å². The number of cyclic esters (lactones) is 1. The van der Waals surface area contributed by atoms with E-state index in [2.05, 4.69) is 25.2 Å². The second kappa shape index (κ2) is 8.56. The molecule has 0 spiro atoms. The Balaban J connectivity index is 0.00000259. The summed E-state index contributed by atoms with van der Waals surface area (Å²) in [7, 11) is 0. The molecule has 3 aromatic rings. The summed E-state index contributed by atoms with van der Waals surface area (Å²) in [6.45, 7) is 7.07. The van der Waals surface area contributed by atoms with Crippen molar-refractivity contribution in [2.24, 2.45) is 0 Å². The second-order valence-corrected chi connectivity index (χ2v) is 8.90.